The van der Waals surface area contributed by atoms with Gasteiger partial charge in [-0.05, 0) is 61.8 Å². The van der Waals surface area contributed by atoms with Crippen LogP contribution in [0.4, 0.5) is 0 Å². The summed E-state index contributed by atoms with van der Waals surface area (Å²) < 4.78 is 0. The highest BCUT2D eigenvalue weighted by molar-refractivity contribution is 6.12. The Bertz CT molecular complexity index is 595. The maximum Gasteiger partial charge on any atom is 0.161 e. The molecule has 0 heterocycles. The number of hydrogen-bond acceptors (Lipinski definition) is 3. The molecule has 4 aliphatic carbocycles. The van der Waals surface area contributed by atoms with E-state index in [1.165, 1.54) is 6.42 Å². The number of carbonyl (C=O) groups excluding carboxylic acids is 1. The monoisotopic (exact) mass is 296 g/mol. The molecule has 5 rings (SSSR count). The lowest BCUT2D eigenvalue weighted by Crippen LogP contribution is -2.60. The van der Waals surface area contributed by atoms with Crippen LogP contribution in [0.3, 0.4) is 0 Å². The molecule has 2 unspecified atom stereocenters. The minimum atomic E-state index is -0.511. The number of hydrogen-bond donors (Lipinski definition) is 2. The summed E-state index contributed by atoms with van der Waals surface area (Å²) in [6.07, 6.45) is 5.92. The molecule has 3 heteroatoms. The van der Waals surface area contributed by atoms with Crippen molar-refractivity contribution in [3.8, 4) is 0 Å². The van der Waals surface area contributed by atoms with Gasteiger partial charge in [-0.3, -0.25) is 4.79 Å². The van der Waals surface area contributed by atoms with Crippen molar-refractivity contribution in [1.82, 2.24) is 0 Å². The van der Waals surface area contributed by atoms with Crippen molar-refractivity contribution in [1.29, 1.82) is 5.41 Å². The van der Waals surface area contributed by atoms with Gasteiger partial charge in [-0.2, -0.15) is 0 Å². The van der Waals surface area contributed by atoms with Crippen molar-refractivity contribution in [2.24, 2.45) is 28.9 Å². The Morgan fingerprint density at radius 2 is 1.82 bits per heavy atom. The number of ketones is 1. The van der Waals surface area contributed by atoms with E-state index in [2.05, 4.69) is 0 Å². The molecule has 0 spiro atoms. The maximum absolute atomic E-state index is 13.1. The molecule has 116 valence electrons. The van der Waals surface area contributed by atoms with Gasteiger partial charge in [0.1, 0.15) is 0 Å². The molecule has 3 atom stereocenters. The van der Waals surface area contributed by atoms with E-state index in [9.17, 15) is 4.79 Å². The van der Waals surface area contributed by atoms with Crippen LogP contribution in [0.5, 0.6) is 0 Å². The first kappa shape index (κ1) is 14.1. The number of benzene rings is 1. The van der Waals surface area contributed by atoms with Crippen LogP contribution in [0.15, 0.2) is 30.3 Å². The van der Waals surface area contributed by atoms with E-state index < -0.39 is 11.5 Å². The van der Waals surface area contributed by atoms with Crippen molar-refractivity contribution >= 4 is 11.5 Å². The van der Waals surface area contributed by atoms with Gasteiger partial charge in [-0.15, -0.1) is 0 Å². The largest absolute Gasteiger partial charge is 0.321 e. The van der Waals surface area contributed by atoms with Crippen LogP contribution in [0.2, 0.25) is 0 Å². The lowest BCUT2D eigenvalue weighted by molar-refractivity contribution is -0.132. The van der Waals surface area contributed by atoms with Crippen LogP contribution in [-0.2, 0) is 11.2 Å². The number of nitrogens with two attached hydrogens (primary N) is 1. The van der Waals surface area contributed by atoms with Gasteiger partial charge >= 0.3 is 0 Å². The van der Waals surface area contributed by atoms with Crippen LogP contribution in [-0.4, -0.2) is 17.5 Å². The average molecular weight is 296 g/mol. The van der Waals surface area contributed by atoms with Gasteiger partial charge in [0.2, 0.25) is 0 Å². The van der Waals surface area contributed by atoms with Crippen molar-refractivity contribution in [3.63, 3.8) is 0 Å². The normalized spacial score (nSPS) is 37.3. The van der Waals surface area contributed by atoms with E-state index >= 15 is 0 Å². The molecule has 4 fully saturated rings. The fourth-order valence-electron chi connectivity index (χ4n) is 5.46. The molecule has 3 N–H and O–H groups in total. The predicted octanol–water partition coefficient (Wildman–Crippen LogP) is 2.97. The zero-order valence-electron chi connectivity index (χ0n) is 12.9. The van der Waals surface area contributed by atoms with E-state index in [4.69, 9.17) is 11.1 Å². The molecule has 4 bridgehead atoms. The fraction of sp³-hybridized carbons (Fsp3) is 0.579. The number of carbonyl (C=O) groups is 1. The molecular formula is C19H24N2O. The molecule has 0 saturated heterocycles. The first-order chi connectivity index (χ1) is 10.6. The van der Waals surface area contributed by atoms with Gasteiger partial charge in [0, 0.05) is 5.71 Å². The molecule has 3 nitrogen and oxygen atoms in total. The van der Waals surface area contributed by atoms with Crippen molar-refractivity contribution in [2.75, 3.05) is 0 Å². The first-order valence-electron chi connectivity index (χ1n) is 8.51. The second-order valence-electron chi connectivity index (χ2n) is 7.70. The topological polar surface area (TPSA) is 66.9 Å². The van der Waals surface area contributed by atoms with E-state index in [1.807, 2.05) is 30.3 Å². The Morgan fingerprint density at radius 1 is 1.18 bits per heavy atom. The number of nitrogens with one attached hydrogen (secondary N) is 1. The SMILES string of the molecule is N=C1C2CC3CC(C2)CC1(C(=O)[C@@H](N)Cc1ccccc1)C3. The zero-order chi connectivity index (χ0) is 15.3. The highest BCUT2D eigenvalue weighted by Gasteiger charge is 2.58. The molecule has 4 aliphatic rings. The summed E-state index contributed by atoms with van der Waals surface area (Å²) in [5.74, 6) is 1.80. The highest BCUT2D eigenvalue weighted by atomic mass is 16.1. The zero-order valence-corrected chi connectivity index (χ0v) is 12.9. The average Bonchev–Trinajstić information content (AvgIpc) is 2.52. The van der Waals surface area contributed by atoms with Crippen LogP contribution < -0.4 is 5.73 Å². The fourth-order valence-corrected chi connectivity index (χ4v) is 5.46. The Hall–Kier alpha value is -1.48. The lowest BCUT2D eigenvalue weighted by atomic mass is 9.47. The molecule has 0 radical (unpaired) electrons. The summed E-state index contributed by atoms with van der Waals surface area (Å²) in [4.78, 5) is 13.1. The van der Waals surface area contributed by atoms with E-state index in [1.54, 1.807) is 0 Å². The standard InChI is InChI=1S/C19H24N2O/c20-16(9-12-4-2-1-3-5-12)18(22)19-10-13-6-14(11-19)8-15(7-13)17(19)21/h1-5,13-16,21H,6-11,20H2/t13?,14?,15?,16-,19?/m0/s1. The van der Waals surface area contributed by atoms with Crippen molar-refractivity contribution < 1.29 is 4.79 Å². The van der Waals surface area contributed by atoms with Gasteiger partial charge in [0.25, 0.3) is 0 Å². The summed E-state index contributed by atoms with van der Waals surface area (Å²) in [7, 11) is 0. The summed E-state index contributed by atoms with van der Waals surface area (Å²) in [6.45, 7) is 0. The lowest BCUT2D eigenvalue weighted by Gasteiger charge is -2.56. The third kappa shape index (κ3) is 2.06. The third-order valence-corrected chi connectivity index (χ3v) is 6.21. The molecule has 0 amide bonds. The van der Waals surface area contributed by atoms with Gasteiger partial charge in [0.05, 0.1) is 11.5 Å². The van der Waals surface area contributed by atoms with Crippen LogP contribution in [0.25, 0.3) is 0 Å². The van der Waals surface area contributed by atoms with E-state index in [0.29, 0.717) is 29.9 Å². The molecule has 1 aromatic rings. The van der Waals surface area contributed by atoms with Crippen molar-refractivity contribution in [2.45, 2.75) is 44.6 Å². The molecule has 0 aliphatic heterocycles. The minimum Gasteiger partial charge on any atom is -0.321 e. The van der Waals surface area contributed by atoms with Gasteiger partial charge in [-0.25, -0.2) is 0 Å². The van der Waals surface area contributed by atoms with Crippen molar-refractivity contribution in [3.05, 3.63) is 35.9 Å². The second kappa shape index (κ2) is 5.02. The first-order valence-corrected chi connectivity index (χ1v) is 8.51. The third-order valence-electron chi connectivity index (χ3n) is 6.21. The molecule has 1 aromatic carbocycles. The smallest absolute Gasteiger partial charge is 0.161 e. The minimum absolute atomic E-state index is 0.139. The van der Waals surface area contributed by atoms with Crippen LogP contribution >= 0.6 is 0 Å². The molecule has 0 aromatic heterocycles. The van der Waals surface area contributed by atoms with Gasteiger partial charge < -0.3 is 11.1 Å². The summed E-state index contributed by atoms with van der Waals surface area (Å²) in [5, 5.41) is 8.59. The summed E-state index contributed by atoms with van der Waals surface area (Å²) in [5.41, 5.74) is 7.60. The van der Waals surface area contributed by atoms with Gasteiger partial charge in [-0.1, -0.05) is 30.3 Å². The Balaban J connectivity index is 1.57. The van der Waals surface area contributed by atoms with Crippen LogP contribution in [0.1, 0.15) is 37.7 Å². The highest BCUT2D eigenvalue weighted by Crippen LogP contribution is 2.58. The summed E-state index contributed by atoms with van der Waals surface area (Å²) in [6, 6.07) is 9.53. The Kier molecular flexibility index (Phi) is 3.23. The predicted molar refractivity (Wildman–Crippen MR) is 86.8 cm³/mol. The van der Waals surface area contributed by atoms with Gasteiger partial charge in [0.15, 0.2) is 5.78 Å². The van der Waals surface area contributed by atoms with E-state index in [0.717, 1.165) is 31.2 Å². The quantitative estimate of drug-likeness (QED) is 0.897. The van der Waals surface area contributed by atoms with Crippen LogP contribution in [0, 0.1) is 28.6 Å². The summed E-state index contributed by atoms with van der Waals surface area (Å²) >= 11 is 0. The maximum atomic E-state index is 13.1. The van der Waals surface area contributed by atoms with E-state index in [-0.39, 0.29) is 5.78 Å². The second-order valence-corrected chi connectivity index (χ2v) is 7.70. The Labute approximate surface area is 131 Å². The molecular weight excluding hydrogens is 272 g/mol. The molecule has 4 saturated carbocycles. The Morgan fingerprint density at radius 3 is 2.45 bits per heavy atom. The molecule has 22 heavy (non-hydrogen) atoms. The number of rotatable bonds is 4. The number of Topliss-reactive ketones (excluding diaryl/α,β-unsaturated/α-hetero) is 1.